The van der Waals surface area contributed by atoms with Gasteiger partial charge in [0.1, 0.15) is 24.7 Å². The van der Waals surface area contributed by atoms with E-state index in [0.29, 0.717) is 0 Å². The summed E-state index contributed by atoms with van der Waals surface area (Å²) in [5.74, 6) is 0. The molecule has 3 aliphatic rings. The molecule has 0 spiro atoms. The minimum Gasteiger partial charge on any atom is -0.405 e. The number of benzene rings is 3. The molecule has 3 heterocycles. The Morgan fingerprint density at radius 2 is 0.686 bits per heavy atom. The summed E-state index contributed by atoms with van der Waals surface area (Å²) >= 11 is 0. The lowest BCUT2D eigenvalue weighted by Crippen LogP contribution is -2.95. The van der Waals surface area contributed by atoms with Crippen molar-refractivity contribution >= 4 is 48.9 Å². The maximum Gasteiger partial charge on any atom is 0.479 e. The van der Waals surface area contributed by atoms with E-state index in [4.69, 9.17) is 0 Å². The van der Waals surface area contributed by atoms with Crippen molar-refractivity contribution in [3.8, 4) is 0 Å². The number of anilines is 3. The number of hydrogen-bond donors (Lipinski definition) is 0. The van der Waals surface area contributed by atoms with E-state index in [1.165, 1.54) is 33.8 Å². The highest BCUT2D eigenvalue weighted by molar-refractivity contribution is 7.31. The minimum atomic E-state index is -1.83. The molecule has 3 fully saturated rings. The van der Waals surface area contributed by atoms with Gasteiger partial charge in [-0.3, -0.25) is 0 Å². The van der Waals surface area contributed by atoms with Gasteiger partial charge in [-0.2, -0.15) is 0 Å². The Kier molecular flexibility index (Phi) is 5.70. The van der Waals surface area contributed by atoms with Crippen LogP contribution in [0.5, 0.6) is 0 Å². The Morgan fingerprint density at radius 1 is 0.457 bits per heavy atom. The number of nitrogens with zero attached hydrogens (tertiary/aromatic N) is 3. The Bertz CT molecular complexity index is 1070. The van der Waals surface area contributed by atoms with Gasteiger partial charge in [-0.25, -0.2) is 0 Å². The van der Waals surface area contributed by atoms with Crippen LogP contribution in [-0.4, -0.2) is 31.8 Å². The van der Waals surface area contributed by atoms with Crippen molar-refractivity contribution in [1.29, 1.82) is 0 Å². The van der Waals surface area contributed by atoms with Gasteiger partial charge in [-0.1, -0.05) is 92.4 Å². The molecule has 3 nitrogen and oxygen atoms in total. The van der Waals surface area contributed by atoms with Gasteiger partial charge in [0.05, 0.1) is 0 Å². The van der Waals surface area contributed by atoms with Gasteiger partial charge in [-0.15, -0.1) is 0 Å². The molecule has 35 heavy (non-hydrogen) atoms. The number of fused-ring (bicyclic) bond motifs is 3. The van der Waals surface area contributed by atoms with Crippen LogP contribution in [0.25, 0.3) is 0 Å². The predicted octanol–water partition coefficient (Wildman–Crippen LogP) is 7.51. The molecule has 0 radical (unpaired) electrons. The fourth-order valence-electron chi connectivity index (χ4n) is 7.76. The third-order valence-electron chi connectivity index (χ3n) is 8.61. The maximum atomic E-state index is 2.88. The fraction of sp³-hybridized carbons (Fsp3) is 0.357. The van der Waals surface area contributed by atoms with E-state index in [-0.39, 0.29) is 7.12 Å². The van der Waals surface area contributed by atoms with Crippen LogP contribution in [0.2, 0.25) is 44.1 Å². The summed E-state index contributed by atoms with van der Waals surface area (Å²) in [7, 11) is -5.27. The highest BCUT2D eigenvalue weighted by Gasteiger charge is 2.73. The fourth-order valence-corrected chi connectivity index (χ4v) is 37.1. The zero-order chi connectivity index (χ0) is 25.3. The van der Waals surface area contributed by atoms with Crippen LogP contribution in [0.3, 0.4) is 0 Å². The van der Waals surface area contributed by atoms with Crippen LogP contribution >= 0.6 is 0 Å². The Hall–Kier alpha value is -2.22. The average Bonchev–Trinajstić information content (AvgIpc) is 2.75. The van der Waals surface area contributed by atoms with Crippen LogP contribution in [0.1, 0.15) is 16.7 Å². The van der Waals surface area contributed by atoms with Gasteiger partial charge in [0.2, 0.25) is 0 Å². The Labute approximate surface area is 216 Å². The standard InChI is InChI=1S/C28H40BN3Si3/c1-22-10-16-25(17-11-22)30-29-31(26-18-12-23(2)13-19-26)34(6,7)28(33(30,4)5)35(8,9)32(29)27-20-14-24(3)15-21-27/h10-21,28H,1-9H3. The smallest absolute Gasteiger partial charge is 0.405 e. The molecule has 0 aliphatic carbocycles. The predicted molar refractivity (Wildman–Crippen MR) is 163 cm³/mol. The zero-order valence-corrected chi connectivity index (χ0v) is 25.9. The van der Waals surface area contributed by atoms with E-state index in [9.17, 15) is 0 Å². The van der Waals surface area contributed by atoms with Gasteiger partial charge in [0.15, 0.2) is 0 Å². The second-order valence-electron chi connectivity index (χ2n) is 12.4. The van der Waals surface area contributed by atoms with Crippen molar-refractivity contribution in [3.63, 3.8) is 0 Å². The summed E-state index contributed by atoms with van der Waals surface area (Å²) in [6.45, 7) is 22.5. The molecular weight excluding hydrogens is 473 g/mol. The number of hydrogen-bond acceptors (Lipinski definition) is 3. The maximum absolute atomic E-state index is 2.88. The molecular formula is C28H40BN3Si3. The lowest BCUT2D eigenvalue weighted by atomic mass is 9.90. The van der Waals surface area contributed by atoms with Crippen LogP contribution in [0.15, 0.2) is 72.8 Å². The van der Waals surface area contributed by atoms with E-state index < -0.39 is 24.7 Å². The summed E-state index contributed by atoms with van der Waals surface area (Å²) in [5, 5.41) is 0. The van der Waals surface area contributed by atoms with Crippen molar-refractivity contribution < 1.29 is 0 Å². The lowest BCUT2D eigenvalue weighted by molar-refractivity contribution is 1.09. The highest BCUT2D eigenvalue weighted by atomic mass is 28.5. The minimum absolute atomic E-state index is 0.207. The molecule has 3 saturated heterocycles. The Balaban J connectivity index is 1.80. The van der Waals surface area contributed by atoms with Crippen LogP contribution in [0.4, 0.5) is 17.1 Å². The molecule has 0 amide bonds. The molecule has 3 aromatic carbocycles. The van der Waals surface area contributed by atoms with Crippen LogP contribution < -0.4 is 13.4 Å². The molecule has 0 N–H and O–H groups in total. The van der Waals surface area contributed by atoms with Crippen LogP contribution in [-0.2, 0) is 0 Å². The third kappa shape index (κ3) is 3.66. The van der Waals surface area contributed by atoms with E-state index >= 15 is 0 Å². The molecule has 6 rings (SSSR count). The van der Waals surface area contributed by atoms with E-state index in [0.717, 1.165) is 4.79 Å². The molecule has 0 atom stereocenters. The second kappa shape index (κ2) is 8.15. The molecule has 7 heteroatoms. The molecule has 2 bridgehead atoms. The van der Waals surface area contributed by atoms with E-state index in [1.54, 1.807) is 0 Å². The largest absolute Gasteiger partial charge is 0.479 e. The SMILES string of the molecule is Cc1ccc(N2B3N(c4ccc(C)cc4)[Si](C)(C)C([Si]2(C)C)[Si](C)(C)N3c2ccc(C)cc2)cc1. The number of rotatable bonds is 3. The zero-order valence-electron chi connectivity index (χ0n) is 22.9. The van der Waals surface area contributed by atoms with Gasteiger partial charge >= 0.3 is 7.12 Å². The van der Waals surface area contributed by atoms with Gasteiger partial charge in [-0.05, 0) is 62.0 Å². The Morgan fingerprint density at radius 3 is 0.914 bits per heavy atom. The van der Waals surface area contributed by atoms with Gasteiger partial charge in [0.25, 0.3) is 0 Å². The van der Waals surface area contributed by atoms with Crippen molar-refractivity contribution in [2.75, 3.05) is 13.4 Å². The first-order valence-corrected chi connectivity index (χ1v) is 22.0. The molecule has 0 aromatic heterocycles. The van der Waals surface area contributed by atoms with E-state index in [1.807, 2.05) is 0 Å². The van der Waals surface area contributed by atoms with Crippen molar-refractivity contribution in [3.05, 3.63) is 89.5 Å². The molecule has 0 unspecified atom stereocenters. The summed E-state index contributed by atoms with van der Waals surface area (Å²) in [6, 6.07) is 28.0. The summed E-state index contributed by atoms with van der Waals surface area (Å²) in [6.07, 6.45) is 0. The highest BCUT2D eigenvalue weighted by Crippen LogP contribution is 2.57. The summed E-state index contributed by atoms with van der Waals surface area (Å²) in [5.41, 5.74) is 8.11. The van der Waals surface area contributed by atoms with Crippen LogP contribution in [0, 0.1) is 20.8 Å². The molecule has 0 saturated carbocycles. The average molecular weight is 514 g/mol. The number of aryl methyl sites for hydroxylation is 3. The molecule has 3 aromatic rings. The first-order chi connectivity index (χ1) is 16.4. The monoisotopic (exact) mass is 513 g/mol. The van der Waals surface area contributed by atoms with Gasteiger partial charge < -0.3 is 13.4 Å². The van der Waals surface area contributed by atoms with Gasteiger partial charge in [0, 0.05) is 17.1 Å². The summed E-state index contributed by atoms with van der Waals surface area (Å²) < 4.78 is 8.65. The first-order valence-electron chi connectivity index (χ1n) is 12.9. The van der Waals surface area contributed by atoms with Crippen molar-refractivity contribution in [2.45, 2.75) is 64.8 Å². The quantitative estimate of drug-likeness (QED) is 0.336. The van der Waals surface area contributed by atoms with E-state index in [2.05, 4.69) is 146 Å². The lowest BCUT2D eigenvalue weighted by Gasteiger charge is -2.74. The molecule has 3 aliphatic heterocycles. The normalized spacial score (nSPS) is 20.5. The first kappa shape index (κ1) is 24.5. The topological polar surface area (TPSA) is 9.72 Å². The molecule has 182 valence electrons. The van der Waals surface area contributed by atoms with Crippen molar-refractivity contribution in [2.24, 2.45) is 0 Å². The summed E-state index contributed by atoms with van der Waals surface area (Å²) in [4.78, 5) is 0.761. The van der Waals surface area contributed by atoms with Crippen molar-refractivity contribution in [1.82, 2.24) is 0 Å². The third-order valence-corrected chi connectivity index (χ3v) is 30.8. The second-order valence-corrected chi connectivity index (χ2v) is 27.2.